The van der Waals surface area contributed by atoms with Crippen LogP contribution in [0.2, 0.25) is 0 Å². The number of allylic oxidation sites excluding steroid dienone is 4. The first-order valence-electron chi connectivity index (χ1n) is 14.4. The van der Waals surface area contributed by atoms with E-state index in [9.17, 15) is 14.7 Å². The molecule has 0 saturated carbocycles. The molecule has 42 heavy (non-hydrogen) atoms. The van der Waals surface area contributed by atoms with E-state index in [-0.39, 0.29) is 12.6 Å². The van der Waals surface area contributed by atoms with Crippen LogP contribution in [0.3, 0.4) is 0 Å². The molecule has 0 bridgehead atoms. The van der Waals surface area contributed by atoms with Crippen LogP contribution in [0.25, 0.3) is 16.3 Å². The maximum absolute atomic E-state index is 13.8. The summed E-state index contributed by atoms with van der Waals surface area (Å²) in [5.74, 6) is -0.837. The van der Waals surface area contributed by atoms with Crippen molar-refractivity contribution in [2.45, 2.75) is 59.3 Å². The van der Waals surface area contributed by atoms with Gasteiger partial charge in [0.1, 0.15) is 17.5 Å². The van der Waals surface area contributed by atoms with Crippen molar-refractivity contribution in [2.75, 3.05) is 6.54 Å². The van der Waals surface area contributed by atoms with E-state index in [0.717, 1.165) is 33.0 Å². The quantitative estimate of drug-likeness (QED) is 0.326. The summed E-state index contributed by atoms with van der Waals surface area (Å²) in [4.78, 5) is 27.7. The number of hydrogen-bond acceptors (Lipinski definition) is 4. The van der Waals surface area contributed by atoms with Gasteiger partial charge < -0.3 is 14.6 Å². The lowest BCUT2D eigenvalue weighted by Gasteiger charge is -2.39. The number of carboxylic acids is 1. The van der Waals surface area contributed by atoms with E-state index < -0.39 is 35.1 Å². The SMILES string of the molecule is C[C@H](c1cccc2ccccc12)N(C[C@H]1C=C(C2=CC=CC(C(=O)O)C2(C)C)c2ccccc2O1)C(=O)OC(C)(C)C. The van der Waals surface area contributed by atoms with Gasteiger partial charge in [-0.25, -0.2) is 4.79 Å². The molecular formula is C36H39NO5. The summed E-state index contributed by atoms with van der Waals surface area (Å²) in [6.45, 7) is 11.8. The fourth-order valence-electron chi connectivity index (χ4n) is 5.99. The summed E-state index contributed by atoms with van der Waals surface area (Å²) in [5, 5.41) is 12.2. The van der Waals surface area contributed by atoms with Crippen LogP contribution in [0.5, 0.6) is 5.75 Å². The highest BCUT2D eigenvalue weighted by Gasteiger charge is 2.41. The number of carbonyl (C=O) groups excluding carboxylic acids is 1. The normalized spacial score (nSPS) is 20.0. The Morgan fingerprint density at radius 2 is 1.71 bits per heavy atom. The number of carboxylic acid groups (broad SMARTS) is 1. The van der Waals surface area contributed by atoms with Crippen molar-refractivity contribution >= 4 is 28.4 Å². The Bertz CT molecular complexity index is 1600. The molecule has 3 atom stereocenters. The van der Waals surface area contributed by atoms with Gasteiger partial charge in [0.2, 0.25) is 0 Å². The summed E-state index contributed by atoms with van der Waals surface area (Å²) < 4.78 is 12.4. The fourth-order valence-corrected chi connectivity index (χ4v) is 5.99. The lowest BCUT2D eigenvalue weighted by atomic mass is 9.66. The summed E-state index contributed by atoms with van der Waals surface area (Å²) >= 11 is 0. The fraction of sp³-hybridized carbons (Fsp3) is 0.333. The van der Waals surface area contributed by atoms with Gasteiger partial charge in [-0.15, -0.1) is 0 Å². The number of nitrogens with zero attached hydrogens (tertiary/aromatic N) is 1. The molecule has 3 aromatic carbocycles. The maximum Gasteiger partial charge on any atom is 0.410 e. The summed E-state index contributed by atoms with van der Waals surface area (Å²) in [7, 11) is 0. The highest BCUT2D eigenvalue weighted by atomic mass is 16.6. The number of para-hydroxylation sites is 1. The van der Waals surface area contributed by atoms with Gasteiger partial charge in [0.15, 0.2) is 0 Å². The first-order valence-corrected chi connectivity index (χ1v) is 14.4. The minimum Gasteiger partial charge on any atom is -0.484 e. The number of fused-ring (bicyclic) bond motifs is 2. The van der Waals surface area contributed by atoms with Crippen molar-refractivity contribution in [2.24, 2.45) is 11.3 Å². The third-order valence-electron chi connectivity index (χ3n) is 8.15. The van der Waals surface area contributed by atoms with E-state index in [0.29, 0.717) is 5.75 Å². The summed E-state index contributed by atoms with van der Waals surface area (Å²) in [6, 6.07) is 21.8. The molecule has 0 aromatic heterocycles. The zero-order chi connectivity index (χ0) is 30.2. The van der Waals surface area contributed by atoms with Crippen LogP contribution in [0.1, 0.15) is 58.7 Å². The topological polar surface area (TPSA) is 76.1 Å². The second-order valence-corrected chi connectivity index (χ2v) is 12.6. The predicted molar refractivity (Wildman–Crippen MR) is 166 cm³/mol. The highest BCUT2D eigenvalue weighted by molar-refractivity contribution is 5.88. The predicted octanol–water partition coefficient (Wildman–Crippen LogP) is 8.21. The van der Waals surface area contributed by atoms with E-state index in [1.807, 2.05) is 102 Å². The van der Waals surface area contributed by atoms with Gasteiger partial charge in [0, 0.05) is 11.0 Å². The number of ether oxygens (including phenoxy) is 2. The average molecular weight is 566 g/mol. The molecular weight excluding hydrogens is 526 g/mol. The number of amides is 1. The zero-order valence-corrected chi connectivity index (χ0v) is 25.1. The Morgan fingerprint density at radius 3 is 2.45 bits per heavy atom. The maximum atomic E-state index is 13.8. The molecule has 1 heterocycles. The molecule has 0 spiro atoms. The van der Waals surface area contributed by atoms with Crippen molar-refractivity contribution in [3.63, 3.8) is 0 Å². The number of carbonyl (C=O) groups is 2. The molecule has 1 aliphatic carbocycles. The van der Waals surface area contributed by atoms with Crippen LogP contribution >= 0.6 is 0 Å². The molecule has 1 N–H and O–H groups in total. The number of rotatable bonds is 6. The zero-order valence-electron chi connectivity index (χ0n) is 25.1. The summed E-state index contributed by atoms with van der Waals surface area (Å²) in [5.41, 5.74) is 2.42. The third kappa shape index (κ3) is 5.71. The Balaban J connectivity index is 1.57. The Kier molecular flexibility index (Phi) is 7.76. The molecule has 1 aliphatic heterocycles. The van der Waals surface area contributed by atoms with Crippen molar-refractivity contribution in [1.82, 2.24) is 4.90 Å². The molecule has 1 amide bonds. The van der Waals surface area contributed by atoms with E-state index in [1.54, 1.807) is 11.0 Å². The van der Waals surface area contributed by atoms with Crippen molar-refractivity contribution in [1.29, 1.82) is 0 Å². The van der Waals surface area contributed by atoms with Crippen LogP contribution in [0.15, 0.2) is 96.6 Å². The lowest BCUT2D eigenvalue weighted by Crippen LogP contribution is -2.44. The second-order valence-electron chi connectivity index (χ2n) is 12.6. The Morgan fingerprint density at radius 1 is 1.02 bits per heavy atom. The first-order chi connectivity index (χ1) is 19.9. The number of benzene rings is 3. The first kappa shape index (κ1) is 29.2. The van der Waals surface area contributed by atoms with Crippen LogP contribution < -0.4 is 4.74 Å². The largest absolute Gasteiger partial charge is 0.484 e. The molecule has 3 aromatic rings. The molecule has 2 aliphatic rings. The van der Waals surface area contributed by atoms with Gasteiger partial charge in [-0.1, -0.05) is 92.7 Å². The van der Waals surface area contributed by atoms with Gasteiger partial charge >= 0.3 is 12.1 Å². The number of aliphatic carboxylic acids is 1. The molecule has 218 valence electrons. The van der Waals surface area contributed by atoms with Crippen molar-refractivity contribution < 1.29 is 24.2 Å². The van der Waals surface area contributed by atoms with Gasteiger partial charge in [-0.05, 0) is 67.3 Å². The lowest BCUT2D eigenvalue weighted by molar-refractivity contribution is -0.142. The molecule has 5 rings (SSSR count). The molecule has 1 unspecified atom stereocenters. The molecule has 0 radical (unpaired) electrons. The van der Waals surface area contributed by atoms with Gasteiger partial charge in [0.25, 0.3) is 0 Å². The van der Waals surface area contributed by atoms with Crippen molar-refractivity contribution in [3.8, 4) is 5.75 Å². The van der Waals surface area contributed by atoms with E-state index >= 15 is 0 Å². The molecule has 6 nitrogen and oxygen atoms in total. The van der Waals surface area contributed by atoms with E-state index in [1.165, 1.54) is 0 Å². The minimum atomic E-state index is -0.862. The van der Waals surface area contributed by atoms with Crippen LogP contribution in [0, 0.1) is 11.3 Å². The highest BCUT2D eigenvalue weighted by Crippen LogP contribution is 2.48. The van der Waals surface area contributed by atoms with Gasteiger partial charge in [-0.2, -0.15) is 0 Å². The summed E-state index contributed by atoms with van der Waals surface area (Å²) in [6.07, 6.45) is 6.67. The molecule has 0 fully saturated rings. The average Bonchev–Trinajstić information content (AvgIpc) is 2.93. The molecule has 0 saturated heterocycles. The number of hydrogen-bond donors (Lipinski definition) is 1. The van der Waals surface area contributed by atoms with E-state index in [2.05, 4.69) is 24.3 Å². The monoisotopic (exact) mass is 565 g/mol. The molecule has 6 heteroatoms. The smallest absolute Gasteiger partial charge is 0.410 e. The Hall–Kier alpha value is -4.32. The van der Waals surface area contributed by atoms with Crippen molar-refractivity contribution in [3.05, 3.63) is 108 Å². The van der Waals surface area contributed by atoms with Gasteiger partial charge in [0.05, 0.1) is 18.5 Å². The third-order valence-corrected chi connectivity index (χ3v) is 8.15. The van der Waals surface area contributed by atoms with Crippen LogP contribution in [-0.4, -0.2) is 40.3 Å². The Labute approximate surface area is 247 Å². The standard InChI is InChI=1S/C36H39NO5/c1-23(26-17-11-14-24-13-7-8-15-27(24)26)37(34(40)42-35(2,3)4)22-25-21-29(28-16-9-10-20-32(28)41-25)30-18-12-19-31(33(38)39)36(30,5)6/h7-21,23,25,31H,22H2,1-6H3,(H,38,39)/t23-,25-,31?/m1/s1. The minimum absolute atomic E-state index is 0.239. The van der Waals surface area contributed by atoms with E-state index in [4.69, 9.17) is 9.47 Å². The van der Waals surface area contributed by atoms with Crippen LogP contribution in [0.4, 0.5) is 4.79 Å². The van der Waals surface area contributed by atoms with Crippen LogP contribution in [-0.2, 0) is 9.53 Å². The second kappa shape index (κ2) is 11.2. The van der Waals surface area contributed by atoms with Gasteiger partial charge in [-0.3, -0.25) is 9.69 Å².